The number of nitrogens with zero attached hydrogens (tertiary/aromatic N) is 1. The summed E-state index contributed by atoms with van der Waals surface area (Å²) in [5.74, 6) is 0.675. The molecule has 2 rings (SSSR count). The molecule has 6 heteroatoms. The number of benzene rings is 1. The van der Waals surface area contributed by atoms with Crippen molar-refractivity contribution in [3.63, 3.8) is 0 Å². The monoisotopic (exact) mass is 322 g/mol. The Balaban J connectivity index is 1.66. The molecule has 1 N–H and O–H groups in total. The molecule has 1 aromatic rings. The average molecular weight is 322 g/mol. The first-order chi connectivity index (χ1) is 10.7. The van der Waals surface area contributed by atoms with Crippen molar-refractivity contribution in [1.29, 1.82) is 0 Å². The standard InChI is InChI=1S/C16H22N2O3S/c1-13(14-5-3-2-4-6-14)17-15(19)11-22-12-16(20)18-7-9-21-10-8-18/h2-6,13H,7-12H2,1H3,(H,17,19). The third-order valence-corrected chi connectivity index (χ3v) is 4.42. The molecule has 1 unspecified atom stereocenters. The summed E-state index contributed by atoms with van der Waals surface area (Å²) in [5.41, 5.74) is 1.07. The van der Waals surface area contributed by atoms with Gasteiger partial charge in [0.1, 0.15) is 0 Å². The van der Waals surface area contributed by atoms with E-state index in [2.05, 4.69) is 5.32 Å². The Bertz CT molecular complexity index is 489. The number of amides is 2. The largest absolute Gasteiger partial charge is 0.378 e. The molecule has 1 heterocycles. The van der Waals surface area contributed by atoms with E-state index in [9.17, 15) is 9.59 Å². The molecule has 1 aromatic carbocycles. The summed E-state index contributed by atoms with van der Waals surface area (Å²) in [6, 6.07) is 9.80. The van der Waals surface area contributed by atoms with Crippen LogP contribution in [0.15, 0.2) is 30.3 Å². The molecule has 1 fully saturated rings. The van der Waals surface area contributed by atoms with E-state index >= 15 is 0 Å². The number of hydrogen-bond donors (Lipinski definition) is 1. The van der Waals surface area contributed by atoms with Crippen LogP contribution < -0.4 is 5.32 Å². The van der Waals surface area contributed by atoms with Crippen LogP contribution in [0.1, 0.15) is 18.5 Å². The second-order valence-corrected chi connectivity index (χ2v) is 6.17. The van der Waals surface area contributed by atoms with Crippen LogP contribution in [0.25, 0.3) is 0 Å². The van der Waals surface area contributed by atoms with Crippen molar-refractivity contribution >= 4 is 23.6 Å². The smallest absolute Gasteiger partial charge is 0.232 e. The number of carbonyl (C=O) groups excluding carboxylic acids is 2. The number of rotatable bonds is 6. The molecule has 0 aliphatic carbocycles. The molecule has 5 nitrogen and oxygen atoms in total. The van der Waals surface area contributed by atoms with E-state index in [0.717, 1.165) is 5.56 Å². The molecule has 1 aliphatic heterocycles. The van der Waals surface area contributed by atoms with E-state index in [-0.39, 0.29) is 17.9 Å². The highest BCUT2D eigenvalue weighted by Crippen LogP contribution is 2.12. The fraction of sp³-hybridized carbons (Fsp3) is 0.500. The SMILES string of the molecule is CC(NC(=O)CSCC(=O)N1CCOCC1)c1ccccc1. The van der Waals surface area contributed by atoms with Gasteiger partial charge in [-0.15, -0.1) is 11.8 Å². The van der Waals surface area contributed by atoms with Gasteiger partial charge in [0, 0.05) is 13.1 Å². The topological polar surface area (TPSA) is 58.6 Å². The van der Waals surface area contributed by atoms with E-state index in [4.69, 9.17) is 4.74 Å². The van der Waals surface area contributed by atoms with Crippen LogP contribution in [0.2, 0.25) is 0 Å². The quantitative estimate of drug-likeness (QED) is 0.861. The van der Waals surface area contributed by atoms with Gasteiger partial charge in [-0.25, -0.2) is 0 Å². The van der Waals surface area contributed by atoms with E-state index in [1.165, 1.54) is 11.8 Å². The molecule has 22 heavy (non-hydrogen) atoms. The summed E-state index contributed by atoms with van der Waals surface area (Å²) in [6.07, 6.45) is 0. The van der Waals surface area contributed by atoms with Crippen molar-refractivity contribution < 1.29 is 14.3 Å². The van der Waals surface area contributed by atoms with Crippen molar-refractivity contribution in [2.75, 3.05) is 37.8 Å². The lowest BCUT2D eigenvalue weighted by Crippen LogP contribution is -2.41. The molecule has 0 radical (unpaired) electrons. The second-order valence-electron chi connectivity index (χ2n) is 5.19. The first kappa shape index (κ1) is 16.8. The molecule has 1 saturated heterocycles. The Morgan fingerprint density at radius 1 is 1.23 bits per heavy atom. The van der Waals surface area contributed by atoms with Gasteiger partial charge in [-0.05, 0) is 12.5 Å². The Morgan fingerprint density at radius 3 is 2.59 bits per heavy atom. The Labute approximate surface area is 135 Å². The predicted octanol–water partition coefficient (Wildman–Crippen LogP) is 1.46. The molecule has 1 aliphatic rings. The van der Waals surface area contributed by atoms with E-state index in [1.807, 2.05) is 37.3 Å². The van der Waals surface area contributed by atoms with Gasteiger partial charge in [-0.1, -0.05) is 30.3 Å². The minimum absolute atomic E-state index is 0.0238. The van der Waals surface area contributed by atoms with Crippen LogP contribution in [0, 0.1) is 0 Å². The van der Waals surface area contributed by atoms with Crippen LogP contribution in [0.5, 0.6) is 0 Å². The molecular weight excluding hydrogens is 300 g/mol. The van der Waals surface area contributed by atoms with Gasteiger partial charge in [0.15, 0.2) is 0 Å². The number of morpholine rings is 1. The van der Waals surface area contributed by atoms with Crippen LogP contribution >= 0.6 is 11.8 Å². The van der Waals surface area contributed by atoms with Gasteiger partial charge >= 0.3 is 0 Å². The average Bonchev–Trinajstić information content (AvgIpc) is 2.56. The third-order valence-electron chi connectivity index (χ3n) is 3.50. The Kier molecular flexibility index (Phi) is 6.74. The molecule has 0 bridgehead atoms. The maximum absolute atomic E-state index is 11.9. The summed E-state index contributed by atoms with van der Waals surface area (Å²) >= 11 is 1.36. The van der Waals surface area contributed by atoms with Gasteiger partial charge in [-0.3, -0.25) is 9.59 Å². The Morgan fingerprint density at radius 2 is 1.91 bits per heavy atom. The molecule has 2 amide bonds. The second kappa shape index (κ2) is 8.80. The minimum Gasteiger partial charge on any atom is -0.378 e. The highest BCUT2D eigenvalue weighted by Gasteiger charge is 2.17. The maximum Gasteiger partial charge on any atom is 0.232 e. The van der Waals surface area contributed by atoms with Crippen LogP contribution in [0.4, 0.5) is 0 Å². The molecule has 1 atom stereocenters. The van der Waals surface area contributed by atoms with E-state index in [0.29, 0.717) is 37.8 Å². The number of nitrogens with one attached hydrogen (secondary N) is 1. The fourth-order valence-electron chi connectivity index (χ4n) is 2.24. The lowest BCUT2D eigenvalue weighted by molar-refractivity contribution is -0.132. The zero-order valence-electron chi connectivity index (χ0n) is 12.8. The molecule has 120 valence electrons. The van der Waals surface area contributed by atoms with Gasteiger partial charge in [-0.2, -0.15) is 0 Å². The predicted molar refractivity (Wildman–Crippen MR) is 87.7 cm³/mol. The Hall–Kier alpha value is -1.53. The number of hydrogen-bond acceptors (Lipinski definition) is 4. The normalized spacial score (nSPS) is 16.1. The zero-order valence-corrected chi connectivity index (χ0v) is 13.6. The van der Waals surface area contributed by atoms with Gasteiger partial charge in [0.2, 0.25) is 11.8 Å². The van der Waals surface area contributed by atoms with Gasteiger partial charge in [0.05, 0.1) is 30.8 Å². The highest BCUT2D eigenvalue weighted by atomic mass is 32.2. The number of carbonyl (C=O) groups is 2. The first-order valence-corrected chi connectivity index (χ1v) is 8.60. The van der Waals surface area contributed by atoms with Crippen molar-refractivity contribution in [3.05, 3.63) is 35.9 Å². The lowest BCUT2D eigenvalue weighted by Gasteiger charge is -2.26. The third kappa shape index (κ3) is 5.35. The molecule has 0 spiro atoms. The van der Waals surface area contributed by atoms with Crippen molar-refractivity contribution in [2.24, 2.45) is 0 Å². The van der Waals surface area contributed by atoms with Gasteiger partial charge < -0.3 is 15.0 Å². The summed E-state index contributed by atoms with van der Waals surface area (Å²) < 4.78 is 5.21. The zero-order chi connectivity index (χ0) is 15.8. The van der Waals surface area contributed by atoms with Crippen LogP contribution in [0.3, 0.4) is 0 Å². The number of thioether (sulfide) groups is 1. The molecular formula is C16H22N2O3S. The molecule has 0 aromatic heterocycles. The van der Waals surface area contributed by atoms with Gasteiger partial charge in [0.25, 0.3) is 0 Å². The maximum atomic E-state index is 11.9. The van der Waals surface area contributed by atoms with E-state index < -0.39 is 0 Å². The van der Waals surface area contributed by atoms with Crippen LogP contribution in [-0.4, -0.2) is 54.5 Å². The fourth-order valence-corrected chi connectivity index (χ4v) is 2.97. The summed E-state index contributed by atoms with van der Waals surface area (Å²) in [6.45, 7) is 4.46. The van der Waals surface area contributed by atoms with Crippen molar-refractivity contribution in [3.8, 4) is 0 Å². The summed E-state index contributed by atoms with van der Waals surface area (Å²) in [4.78, 5) is 25.6. The molecule has 0 saturated carbocycles. The van der Waals surface area contributed by atoms with E-state index in [1.54, 1.807) is 4.90 Å². The lowest BCUT2D eigenvalue weighted by atomic mass is 10.1. The van der Waals surface area contributed by atoms with Crippen molar-refractivity contribution in [2.45, 2.75) is 13.0 Å². The van der Waals surface area contributed by atoms with Crippen LogP contribution in [-0.2, 0) is 14.3 Å². The minimum atomic E-state index is -0.0452. The summed E-state index contributed by atoms with van der Waals surface area (Å²) in [7, 11) is 0. The first-order valence-electron chi connectivity index (χ1n) is 7.44. The highest BCUT2D eigenvalue weighted by molar-refractivity contribution is 8.00. The summed E-state index contributed by atoms with van der Waals surface area (Å²) in [5, 5.41) is 2.94. The van der Waals surface area contributed by atoms with Crippen molar-refractivity contribution in [1.82, 2.24) is 10.2 Å². The number of ether oxygens (including phenoxy) is 1.